The van der Waals surface area contributed by atoms with Gasteiger partial charge in [-0.15, -0.1) is 0 Å². The molecule has 0 atom stereocenters. The Balaban J connectivity index is 1.40. The van der Waals surface area contributed by atoms with Gasteiger partial charge in [0.2, 0.25) is 9.84 Å². The van der Waals surface area contributed by atoms with Gasteiger partial charge in [-0.1, -0.05) is 12.1 Å². The highest BCUT2D eigenvalue weighted by atomic mass is 32.2. The normalized spacial score (nSPS) is 13.3. The summed E-state index contributed by atoms with van der Waals surface area (Å²) in [5.74, 6) is 0.427. The molecule has 0 saturated carbocycles. The van der Waals surface area contributed by atoms with Crippen molar-refractivity contribution in [1.82, 2.24) is 4.90 Å². The van der Waals surface area contributed by atoms with Crippen LogP contribution in [0.5, 0.6) is 0 Å². The summed E-state index contributed by atoms with van der Waals surface area (Å²) < 4.78 is 25.6. The van der Waals surface area contributed by atoms with Crippen LogP contribution in [0.3, 0.4) is 0 Å². The van der Waals surface area contributed by atoms with Crippen LogP contribution in [0.4, 0.5) is 21.9 Å². The number of sulfone groups is 1. The number of nitrogens with zero attached hydrogens (tertiary/aromatic N) is 2. The maximum atomic E-state index is 12.8. The molecule has 0 aliphatic carbocycles. The van der Waals surface area contributed by atoms with Crippen molar-refractivity contribution in [3.63, 3.8) is 0 Å². The third-order valence-corrected chi connectivity index (χ3v) is 7.38. The van der Waals surface area contributed by atoms with Crippen LogP contribution in [0.2, 0.25) is 0 Å². The quantitative estimate of drug-likeness (QED) is 0.200. The van der Waals surface area contributed by atoms with Crippen molar-refractivity contribution in [1.29, 1.82) is 5.41 Å². The van der Waals surface area contributed by atoms with Gasteiger partial charge in [0, 0.05) is 42.2 Å². The number of carbonyl (C=O) groups excluding carboxylic acids is 1. The number of hydrogen-bond donors (Lipinski definition) is 3. The second-order valence-electron chi connectivity index (χ2n) is 7.98. The van der Waals surface area contributed by atoms with E-state index in [0.717, 1.165) is 38.1 Å². The van der Waals surface area contributed by atoms with Gasteiger partial charge in [0.25, 0.3) is 5.69 Å². The zero-order valence-electron chi connectivity index (χ0n) is 18.6. The van der Waals surface area contributed by atoms with Crippen LogP contribution in [0.1, 0.15) is 18.4 Å². The van der Waals surface area contributed by atoms with E-state index in [1.54, 1.807) is 18.2 Å². The zero-order chi connectivity index (χ0) is 25.0. The van der Waals surface area contributed by atoms with Gasteiger partial charge in [-0.3, -0.25) is 15.5 Å². The number of amides is 2. The summed E-state index contributed by atoms with van der Waals surface area (Å²) in [4.78, 5) is 24.6. The molecule has 11 heteroatoms. The van der Waals surface area contributed by atoms with Gasteiger partial charge in [-0.2, -0.15) is 0 Å². The Morgan fingerprint density at radius 3 is 2.06 bits per heavy atom. The van der Waals surface area contributed by atoms with E-state index >= 15 is 0 Å². The summed E-state index contributed by atoms with van der Waals surface area (Å²) in [6, 6.07) is 16.8. The molecule has 35 heavy (non-hydrogen) atoms. The summed E-state index contributed by atoms with van der Waals surface area (Å²) >= 11 is 0. The summed E-state index contributed by atoms with van der Waals surface area (Å²) in [6.45, 7) is 1.71. The Kier molecular flexibility index (Phi) is 6.78. The minimum atomic E-state index is -3.87. The van der Waals surface area contributed by atoms with Crippen molar-refractivity contribution in [3.05, 3.63) is 88.5 Å². The van der Waals surface area contributed by atoms with Gasteiger partial charge in [0.05, 0.1) is 14.7 Å². The highest BCUT2D eigenvalue weighted by Gasteiger charge is 2.19. The lowest BCUT2D eigenvalue weighted by Crippen LogP contribution is -2.27. The van der Waals surface area contributed by atoms with Gasteiger partial charge in [0.15, 0.2) is 0 Å². The predicted molar refractivity (Wildman–Crippen MR) is 132 cm³/mol. The third-order valence-electron chi connectivity index (χ3n) is 5.60. The number of hydrogen-bond acceptors (Lipinski definition) is 6. The van der Waals surface area contributed by atoms with E-state index in [2.05, 4.69) is 10.6 Å². The molecule has 0 aromatic heterocycles. The molecular weight excluding hydrogens is 470 g/mol. The van der Waals surface area contributed by atoms with E-state index in [4.69, 9.17) is 5.41 Å². The maximum Gasteiger partial charge on any atom is 0.323 e. The van der Waals surface area contributed by atoms with Crippen molar-refractivity contribution < 1.29 is 18.1 Å². The lowest BCUT2D eigenvalue weighted by Gasteiger charge is -2.19. The first kappa shape index (κ1) is 23.9. The summed E-state index contributed by atoms with van der Waals surface area (Å²) in [6.07, 6.45) is 2.13. The lowest BCUT2D eigenvalue weighted by atomic mass is 10.1. The van der Waals surface area contributed by atoms with Crippen molar-refractivity contribution in [2.75, 3.05) is 23.7 Å². The number of rotatable bonds is 6. The molecule has 3 aromatic carbocycles. The molecule has 1 heterocycles. The monoisotopic (exact) mass is 493 g/mol. The molecule has 0 unspecified atom stereocenters. The van der Waals surface area contributed by atoms with Crippen molar-refractivity contribution in [3.8, 4) is 0 Å². The summed E-state index contributed by atoms with van der Waals surface area (Å²) in [5, 5.41) is 24.5. The van der Waals surface area contributed by atoms with E-state index in [1.165, 1.54) is 36.4 Å². The van der Waals surface area contributed by atoms with Crippen LogP contribution in [0.15, 0.2) is 82.6 Å². The second kappa shape index (κ2) is 9.94. The average Bonchev–Trinajstić information content (AvgIpc) is 3.39. The van der Waals surface area contributed by atoms with Crippen LogP contribution < -0.4 is 10.6 Å². The number of nitrogens with one attached hydrogen (secondary N) is 3. The van der Waals surface area contributed by atoms with Crippen LogP contribution in [-0.2, 0) is 9.84 Å². The number of urea groups is 1. The van der Waals surface area contributed by atoms with E-state index in [1.807, 2.05) is 11.0 Å². The van der Waals surface area contributed by atoms with Crippen molar-refractivity contribution in [2.45, 2.75) is 22.6 Å². The van der Waals surface area contributed by atoms with Gasteiger partial charge in [-0.25, -0.2) is 13.2 Å². The lowest BCUT2D eigenvalue weighted by molar-refractivity contribution is -0.384. The highest BCUT2D eigenvalue weighted by molar-refractivity contribution is 7.91. The molecular formula is C24H23N5O5S. The topological polar surface area (TPSA) is 146 Å². The molecule has 1 saturated heterocycles. The van der Waals surface area contributed by atoms with E-state index in [9.17, 15) is 23.3 Å². The largest absolute Gasteiger partial charge is 0.357 e. The van der Waals surface area contributed by atoms with Gasteiger partial charge in [0.1, 0.15) is 5.84 Å². The number of amidine groups is 1. The predicted octanol–water partition coefficient (Wildman–Crippen LogP) is 4.49. The number of anilines is 2. The number of nitro benzene ring substituents is 1. The Hall–Kier alpha value is -4.25. The fraction of sp³-hybridized carbons (Fsp3) is 0.167. The van der Waals surface area contributed by atoms with E-state index < -0.39 is 20.8 Å². The highest BCUT2D eigenvalue weighted by Crippen LogP contribution is 2.24. The minimum absolute atomic E-state index is 0.00885. The van der Waals surface area contributed by atoms with Crippen LogP contribution in [0, 0.1) is 15.5 Å². The maximum absolute atomic E-state index is 12.8. The standard InChI is InChI=1S/C24H23N5O5S/c25-23(28-14-1-2-15-28)17-4-3-5-19(16-17)27-24(30)26-18-6-10-21(11-7-18)35(33,34)22-12-8-20(9-13-22)29(31)32/h3-13,16,25H,1-2,14-15H2,(H2,26,27,30). The molecule has 180 valence electrons. The Morgan fingerprint density at radius 1 is 0.886 bits per heavy atom. The number of non-ortho nitro benzene ring substituents is 1. The number of nitro groups is 1. The number of benzene rings is 3. The molecule has 0 bridgehead atoms. The smallest absolute Gasteiger partial charge is 0.323 e. The number of likely N-dealkylation sites (tertiary alicyclic amines) is 1. The first-order valence-electron chi connectivity index (χ1n) is 10.9. The zero-order valence-corrected chi connectivity index (χ0v) is 19.4. The Morgan fingerprint density at radius 2 is 1.46 bits per heavy atom. The van der Waals surface area contributed by atoms with E-state index in [-0.39, 0.29) is 15.5 Å². The fourth-order valence-corrected chi connectivity index (χ4v) is 5.02. The molecule has 10 nitrogen and oxygen atoms in total. The van der Waals surface area contributed by atoms with Crippen molar-refractivity contribution >= 4 is 38.8 Å². The SMILES string of the molecule is N=C(c1cccc(NC(=O)Nc2ccc(S(=O)(=O)c3ccc([N+](=O)[O-])cc3)cc2)c1)N1CCCC1. The van der Waals surface area contributed by atoms with Crippen LogP contribution >= 0.6 is 0 Å². The number of carbonyl (C=O) groups is 1. The molecule has 1 aliphatic heterocycles. The van der Waals surface area contributed by atoms with Gasteiger partial charge < -0.3 is 15.5 Å². The van der Waals surface area contributed by atoms with Gasteiger partial charge in [-0.05, 0) is 61.4 Å². The minimum Gasteiger partial charge on any atom is -0.357 e. The van der Waals surface area contributed by atoms with Crippen LogP contribution in [-0.4, -0.2) is 43.2 Å². The molecule has 3 aromatic rings. The van der Waals surface area contributed by atoms with Gasteiger partial charge >= 0.3 is 6.03 Å². The molecule has 0 radical (unpaired) electrons. The molecule has 1 aliphatic rings. The molecule has 4 rings (SSSR count). The summed E-state index contributed by atoms with van der Waals surface area (Å²) in [5.41, 5.74) is 1.42. The van der Waals surface area contributed by atoms with Crippen molar-refractivity contribution in [2.24, 2.45) is 0 Å². The molecule has 2 amide bonds. The molecule has 1 fully saturated rings. The Bertz CT molecular complexity index is 1370. The fourth-order valence-electron chi connectivity index (χ4n) is 3.76. The first-order chi connectivity index (χ1) is 16.7. The first-order valence-corrected chi connectivity index (χ1v) is 12.3. The third kappa shape index (κ3) is 5.46. The molecule has 3 N–H and O–H groups in total. The second-order valence-corrected chi connectivity index (χ2v) is 9.93. The van der Waals surface area contributed by atoms with E-state index in [0.29, 0.717) is 22.8 Å². The Labute approximate surface area is 202 Å². The average molecular weight is 494 g/mol. The summed E-state index contributed by atoms with van der Waals surface area (Å²) in [7, 11) is -3.87. The molecule has 0 spiro atoms. The van der Waals surface area contributed by atoms with Crippen LogP contribution in [0.25, 0.3) is 0 Å².